The van der Waals surface area contributed by atoms with Gasteiger partial charge in [-0.15, -0.1) is 11.6 Å². The van der Waals surface area contributed by atoms with E-state index in [-0.39, 0.29) is 6.10 Å². The molecule has 2 aromatic carbocycles. The van der Waals surface area contributed by atoms with E-state index in [4.69, 9.17) is 11.6 Å². The van der Waals surface area contributed by atoms with Crippen molar-refractivity contribution in [1.82, 2.24) is 4.90 Å². The lowest BCUT2D eigenvalue weighted by Gasteiger charge is -2.26. The third-order valence-electron chi connectivity index (χ3n) is 4.88. The van der Waals surface area contributed by atoms with E-state index in [1.165, 1.54) is 35.6 Å². The first-order valence-electron chi connectivity index (χ1n) is 8.69. The monoisotopic (exact) mass is 331 g/mol. The fourth-order valence-electron chi connectivity index (χ4n) is 3.69. The van der Waals surface area contributed by atoms with Gasteiger partial charge >= 0.3 is 0 Å². The molecule has 1 heterocycles. The highest BCUT2D eigenvalue weighted by Gasteiger charge is 2.20. The van der Waals surface area contributed by atoms with Crippen molar-refractivity contribution >= 4 is 22.4 Å². The second-order valence-corrected chi connectivity index (χ2v) is 7.08. The second kappa shape index (κ2) is 8.14. The molecule has 2 unspecified atom stereocenters. The first kappa shape index (κ1) is 16.8. The maximum absolute atomic E-state index is 10.6. The molecule has 1 N–H and O–H groups in total. The number of likely N-dealkylation sites (tertiary alicyclic amines) is 1. The summed E-state index contributed by atoms with van der Waals surface area (Å²) in [5, 5.41) is 13.1. The molecule has 2 aromatic rings. The Bertz CT molecular complexity index is 625. The highest BCUT2D eigenvalue weighted by Crippen LogP contribution is 2.21. The van der Waals surface area contributed by atoms with Gasteiger partial charge in [0, 0.05) is 25.4 Å². The van der Waals surface area contributed by atoms with E-state index in [1.807, 2.05) is 0 Å². The Morgan fingerprint density at radius 2 is 1.96 bits per heavy atom. The van der Waals surface area contributed by atoms with Crippen molar-refractivity contribution in [3.63, 3.8) is 0 Å². The van der Waals surface area contributed by atoms with E-state index in [2.05, 4.69) is 47.4 Å². The average molecular weight is 332 g/mol. The van der Waals surface area contributed by atoms with Crippen LogP contribution in [-0.4, -0.2) is 41.6 Å². The molecule has 1 aliphatic rings. The van der Waals surface area contributed by atoms with Gasteiger partial charge in [-0.25, -0.2) is 0 Å². The van der Waals surface area contributed by atoms with Gasteiger partial charge in [-0.05, 0) is 41.6 Å². The lowest BCUT2D eigenvalue weighted by molar-refractivity contribution is 0.109. The molecule has 124 valence electrons. The number of aliphatic hydroxyl groups excluding tert-OH is 1. The number of hydrogen-bond acceptors (Lipinski definition) is 2. The van der Waals surface area contributed by atoms with Crippen LogP contribution >= 0.6 is 11.6 Å². The minimum Gasteiger partial charge on any atom is -0.391 e. The molecule has 3 rings (SSSR count). The second-order valence-electron chi connectivity index (χ2n) is 6.77. The zero-order chi connectivity index (χ0) is 16.1. The molecule has 0 saturated carbocycles. The van der Waals surface area contributed by atoms with Crippen LogP contribution in [0.25, 0.3) is 10.8 Å². The number of benzene rings is 2. The number of fused-ring (bicyclic) bond motifs is 1. The van der Waals surface area contributed by atoms with Crippen molar-refractivity contribution in [3.05, 3.63) is 48.0 Å². The van der Waals surface area contributed by atoms with Gasteiger partial charge in [-0.1, -0.05) is 48.9 Å². The molecular formula is C20H26ClNO. The molecule has 3 heteroatoms. The lowest BCUT2D eigenvalue weighted by atomic mass is 9.99. The van der Waals surface area contributed by atoms with Crippen LogP contribution in [-0.2, 0) is 6.42 Å². The van der Waals surface area contributed by atoms with Gasteiger partial charge in [0.25, 0.3) is 0 Å². The zero-order valence-corrected chi connectivity index (χ0v) is 14.4. The van der Waals surface area contributed by atoms with Gasteiger partial charge in [0.2, 0.25) is 0 Å². The number of aliphatic hydroxyl groups is 1. The molecule has 0 amide bonds. The van der Waals surface area contributed by atoms with E-state index >= 15 is 0 Å². The van der Waals surface area contributed by atoms with Gasteiger partial charge in [-0.3, -0.25) is 0 Å². The fourth-order valence-corrected chi connectivity index (χ4v) is 3.95. The Kier molecular flexibility index (Phi) is 5.93. The summed E-state index contributed by atoms with van der Waals surface area (Å²) in [5.41, 5.74) is 1.24. The topological polar surface area (TPSA) is 23.5 Å². The van der Waals surface area contributed by atoms with Gasteiger partial charge in [0.05, 0.1) is 6.10 Å². The largest absolute Gasteiger partial charge is 0.391 e. The van der Waals surface area contributed by atoms with E-state index in [1.54, 1.807) is 0 Å². The first-order valence-corrected chi connectivity index (χ1v) is 9.22. The molecule has 0 bridgehead atoms. The summed E-state index contributed by atoms with van der Waals surface area (Å²) in [5.74, 6) is 1.31. The minimum atomic E-state index is -0.324. The molecule has 23 heavy (non-hydrogen) atoms. The molecule has 0 radical (unpaired) electrons. The van der Waals surface area contributed by atoms with Crippen molar-refractivity contribution < 1.29 is 5.11 Å². The van der Waals surface area contributed by atoms with Crippen LogP contribution in [0.4, 0.5) is 0 Å². The standard InChI is InChI=1S/C20H26ClNO/c21-13-16-6-3-4-11-22(14-16)15-19(23)12-18-9-5-8-17-7-1-2-10-20(17)18/h1-2,5,7-10,16,19,23H,3-4,6,11-15H2. The Labute approximate surface area is 144 Å². The fraction of sp³-hybridized carbons (Fsp3) is 0.500. The molecule has 1 fully saturated rings. The van der Waals surface area contributed by atoms with Crippen LogP contribution in [0.5, 0.6) is 0 Å². The quantitative estimate of drug-likeness (QED) is 0.834. The van der Waals surface area contributed by atoms with Crippen molar-refractivity contribution in [2.24, 2.45) is 5.92 Å². The van der Waals surface area contributed by atoms with Crippen molar-refractivity contribution in [2.75, 3.05) is 25.5 Å². The SMILES string of the molecule is OC(Cc1cccc2ccccc12)CN1CCCCC(CCl)C1. The third-order valence-corrected chi connectivity index (χ3v) is 5.31. The number of hydrogen-bond donors (Lipinski definition) is 1. The van der Waals surface area contributed by atoms with E-state index < -0.39 is 0 Å². The first-order chi connectivity index (χ1) is 11.3. The molecule has 0 aromatic heterocycles. The Hall–Kier alpha value is -1.09. The molecule has 0 spiro atoms. The van der Waals surface area contributed by atoms with Crippen LogP contribution < -0.4 is 0 Å². The number of halogens is 1. The summed E-state index contributed by atoms with van der Waals surface area (Å²) < 4.78 is 0. The number of rotatable bonds is 5. The summed E-state index contributed by atoms with van der Waals surface area (Å²) in [7, 11) is 0. The Morgan fingerprint density at radius 3 is 2.83 bits per heavy atom. The maximum atomic E-state index is 10.6. The Morgan fingerprint density at radius 1 is 1.13 bits per heavy atom. The van der Waals surface area contributed by atoms with Gasteiger partial charge in [-0.2, -0.15) is 0 Å². The molecular weight excluding hydrogens is 306 g/mol. The number of β-amino-alcohol motifs (C(OH)–C–C–N with tert-alkyl or cyclic N) is 1. The number of alkyl halides is 1. The molecule has 1 saturated heterocycles. The minimum absolute atomic E-state index is 0.324. The normalized spacial score (nSPS) is 21.2. The predicted octanol–water partition coefficient (Wildman–Crippen LogP) is 4.08. The lowest BCUT2D eigenvalue weighted by Crippen LogP contribution is -2.36. The van der Waals surface area contributed by atoms with Crippen LogP contribution in [0.15, 0.2) is 42.5 Å². The van der Waals surface area contributed by atoms with E-state index in [0.717, 1.165) is 25.5 Å². The average Bonchev–Trinajstić information content (AvgIpc) is 2.80. The predicted molar refractivity (Wildman–Crippen MR) is 98.2 cm³/mol. The van der Waals surface area contributed by atoms with E-state index in [9.17, 15) is 5.11 Å². The van der Waals surface area contributed by atoms with Crippen molar-refractivity contribution in [2.45, 2.75) is 31.8 Å². The molecule has 2 atom stereocenters. The van der Waals surface area contributed by atoms with Gasteiger partial charge in [0.15, 0.2) is 0 Å². The molecule has 0 aliphatic carbocycles. The summed E-state index contributed by atoms with van der Waals surface area (Å²) in [4.78, 5) is 2.40. The smallest absolute Gasteiger partial charge is 0.0707 e. The number of nitrogens with zero attached hydrogens (tertiary/aromatic N) is 1. The summed E-state index contributed by atoms with van der Waals surface area (Å²) in [6, 6.07) is 14.8. The van der Waals surface area contributed by atoms with Crippen LogP contribution in [0, 0.1) is 5.92 Å². The van der Waals surface area contributed by atoms with E-state index in [0.29, 0.717) is 12.3 Å². The van der Waals surface area contributed by atoms with Crippen LogP contribution in [0.3, 0.4) is 0 Å². The van der Waals surface area contributed by atoms with Gasteiger partial charge < -0.3 is 10.0 Å². The molecule has 1 aliphatic heterocycles. The Balaban J connectivity index is 1.65. The van der Waals surface area contributed by atoms with Crippen molar-refractivity contribution in [3.8, 4) is 0 Å². The summed E-state index contributed by atoms with van der Waals surface area (Å²) in [6.07, 6.45) is 4.08. The van der Waals surface area contributed by atoms with Crippen LogP contribution in [0.1, 0.15) is 24.8 Å². The third kappa shape index (κ3) is 4.47. The summed E-state index contributed by atoms with van der Waals surface area (Å²) >= 11 is 6.06. The maximum Gasteiger partial charge on any atom is 0.0707 e. The highest BCUT2D eigenvalue weighted by atomic mass is 35.5. The summed E-state index contributed by atoms with van der Waals surface area (Å²) in [6.45, 7) is 2.85. The van der Waals surface area contributed by atoms with Crippen molar-refractivity contribution in [1.29, 1.82) is 0 Å². The zero-order valence-electron chi connectivity index (χ0n) is 13.6. The molecule has 2 nitrogen and oxygen atoms in total. The van der Waals surface area contributed by atoms with Gasteiger partial charge in [0.1, 0.15) is 0 Å². The highest BCUT2D eigenvalue weighted by molar-refractivity contribution is 6.18. The van der Waals surface area contributed by atoms with Crippen LogP contribution in [0.2, 0.25) is 0 Å².